The molecule has 2 aliphatic carbocycles. The minimum Gasteiger partial charge on any atom is -0.384 e. The molecule has 0 fully saturated rings. The Morgan fingerprint density at radius 1 is 0.556 bits per heavy atom. The van der Waals surface area contributed by atoms with Gasteiger partial charge in [-0.05, 0) is 94.5 Å². The van der Waals surface area contributed by atoms with Crippen LogP contribution in [0.4, 0.5) is 0 Å². The van der Waals surface area contributed by atoms with Gasteiger partial charge in [0.2, 0.25) is 0 Å². The molecule has 36 heavy (non-hydrogen) atoms. The van der Waals surface area contributed by atoms with E-state index in [0.717, 1.165) is 41.8 Å². The first-order valence-corrected chi connectivity index (χ1v) is 12.4. The normalized spacial score (nSPS) is 17.1. The predicted octanol–water partition coefficient (Wildman–Crippen LogP) is 8.28. The second-order valence-corrected chi connectivity index (χ2v) is 9.84. The highest BCUT2D eigenvalue weighted by molar-refractivity contribution is 6.31. The topological polar surface area (TPSA) is 46.2 Å². The maximum Gasteiger partial charge on any atom is 0.105 e. The molecule has 4 aromatic rings. The van der Waals surface area contributed by atoms with Crippen molar-refractivity contribution in [3.05, 3.63) is 139 Å². The van der Waals surface area contributed by atoms with Crippen molar-refractivity contribution in [1.29, 1.82) is 0 Å². The summed E-state index contributed by atoms with van der Waals surface area (Å²) in [5, 5.41) is 11.9. The molecule has 0 heterocycles. The van der Waals surface area contributed by atoms with E-state index in [1.54, 1.807) is 0 Å². The van der Waals surface area contributed by atoms with E-state index in [1.807, 2.05) is 54.6 Å². The Hall–Kier alpha value is -2.62. The molecular formula is C32H35Cl2NO. The summed E-state index contributed by atoms with van der Waals surface area (Å²) in [6, 6.07) is 28.3. The number of fused-ring (bicyclic) bond motifs is 4. The lowest BCUT2D eigenvalue weighted by molar-refractivity contribution is 0.219. The number of rotatable bonds is 0. The zero-order valence-corrected chi connectivity index (χ0v) is 20.4. The Balaban J connectivity index is 0.000000190. The van der Waals surface area contributed by atoms with E-state index in [0.29, 0.717) is 5.02 Å². The van der Waals surface area contributed by atoms with Crippen LogP contribution in [0.3, 0.4) is 0 Å². The lowest BCUT2D eigenvalue weighted by Crippen LogP contribution is -2.13. The average molecular weight is 521 g/mol. The van der Waals surface area contributed by atoms with Crippen LogP contribution in [-0.2, 0) is 25.7 Å². The minimum absolute atomic E-state index is 0. The fourth-order valence-electron chi connectivity index (χ4n) is 5.10. The van der Waals surface area contributed by atoms with Crippen molar-refractivity contribution in [2.24, 2.45) is 5.73 Å². The van der Waals surface area contributed by atoms with Crippen LogP contribution in [0.5, 0.6) is 0 Å². The number of benzene rings is 4. The van der Waals surface area contributed by atoms with Gasteiger partial charge in [0.1, 0.15) is 6.10 Å². The Morgan fingerprint density at radius 3 is 1.56 bits per heavy atom. The highest BCUT2D eigenvalue weighted by atomic mass is 35.5. The SMILES string of the molecule is C.C.NC1c2ccccc2CCc2ccc(Cl)cc21.OC1c2ccccc2CCc2ccc(Cl)cc21. The van der Waals surface area contributed by atoms with Crippen molar-refractivity contribution in [3.8, 4) is 0 Å². The van der Waals surface area contributed by atoms with Crippen molar-refractivity contribution in [1.82, 2.24) is 0 Å². The molecule has 4 aromatic carbocycles. The Kier molecular flexibility index (Phi) is 9.38. The Morgan fingerprint density at radius 2 is 0.972 bits per heavy atom. The highest BCUT2D eigenvalue weighted by Crippen LogP contribution is 2.34. The van der Waals surface area contributed by atoms with Crippen LogP contribution in [0.1, 0.15) is 71.5 Å². The molecule has 188 valence electrons. The van der Waals surface area contributed by atoms with Crippen LogP contribution in [0.2, 0.25) is 10.0 Å². The van der Waals surface area contributed by atoms with Crippen LogP contribution in [0.15, 0.2) is 84.9 Å². The maximum atomic E-state index is 10.5. The molecule has 0 saturated carbocycles. The third kappa shape index (κ3) is 5.68. The van der Waals surface area contributed by atoms with Gasteiger partial charge >= 0.3 is 0 Å². The lowest BCUT2D eigenvalue weighted by Gasteiger charge is -2.15. The number of hydrogen-bond donors (Lipinski definition) is 2. The van der Waals surface area contributed by atoms with Crippen molar-refractivity contribution in [2.75, 3.05) is 0 Å². The fraction of sp³-hybridized carbons (Fsp3) is 0.250. The summed E-state index contributed by atoms with van der Waals surface area (Å²) in [7, 11) is 0. The van der Waals surface area contributed by atoms with Crippen molar-refractivity contribution in [3.63, 3.8) is 0 Å². The Labute approximate surface area is 225 Å². The fourth-order valence-corrected chi connectivity index (χ4v) is 5.46. The number of halogens is 2. The first kappa shape index (κ1) is 28.0. The molecule has 4 heteroatoms. The minimum atomic E-state index is -0.553. The van der Waals surface area contributed by atoms with Gasteiger partial charge in [-0.2, -0.15) is 0 Å². The molecule has 2 unspecified atom stereocenters. The molecule has 0 radical (unpaired) electrons. The molecule has 0 spiro atoms. The quantitative estimate of drug-likeness (QED) is 0.245. The molecule has 0 saturated heterocycles. The van der Waals surface area contributed by atoms with Crippen molar-refractivity contribution in [2.45, 2.75) is 52.7 Å². The zero-order chi connectivity index (χ0) is 23.7. The van der Waals surface area contributed by atoms with E-state index in [4.69, 9.17) is 28.9 Å². The maximum absolute atomic E-state index is 10.5. The van der Waals surface area contributed by atoms with Crippen LogP contribution >= 0.6 is 23.2 Å². The van der Waals surface area contributed by atoms with Crippen LogP contribution in [0.25, 0.3) is 0 Å². The molecule has 2 atom stereocenters. The number of aliphatic hydroxyl groups excluding tert-OH is 1. The van der Waals surface area contributed by atoms with Gasteiger partial charge in [-0.1, -0.05) is 98.7 Å². The van der Waals surface area contributed by atoms with Gasteiger partial charge in [0.05, 0.1) is 6.04 Å². The first-order chi connectivity index (χ1) is 16.5. The molecule has 2 aliphatic rings. The molecule has 3 N–H and O–H groups in total. The highest BCUT2D eigenvalue weighted by Gasteiger charge is 2.22. The van der Waals surface area contributed by atoms with Gasteiger partial charge in [-0.3, -0.25) is 0 Å². The van der Waals surface area contributed by atoms with Gasteiger partial charge < -0.3 is 10.8 Å². The molecular weight excluding hydrogens is 485 g/mol. The van der Waals surface area contributed by atoms with Crippen molar-refractivity contribution < 1.29 is 5.11 Å². The predicted molar refractivity (Wildman–Crippen MR) is 154 cm³/mol. The van der Waals surface area contributed by atoms with E-state index >= 15 is 0 Å². The molecule has 0 aromatic heterocycles. The van der Waals surface area contributed by atoms with E-state index in [-0.39, 0.29) is 20.9 Å². The summed E-state index contributed by atoms with van der Waals surface area (Å²) in [4.78, 5) is 0. The smallest absolute Gasteiger partial charge is 0.105 e. The average Bonchev–Trinajstić information content (AvgIpc) is 3.09. The summed E-state index contributed by atoms with van der Waals surface area (Å²) in [6.07, 6.45) is 3.47. The van der Waals surface area contributed by atoms with Crippen LogP contribution in [0, 0.1) is 0 Å². The van der Waals surface area contributed by atoms with Crippen LogP contribution in [-0.4, -0.2) is 5.11 Å². The first-order valence-electron chi connectivity index (χ1n) is 11.7. The third-order valence-electron chi connectivity index (χ3n) is 6.91. The number of aryl methyl sites for hydroxylation is 4. The van der Waals surface area contributed by atoms with Gasteiger partial charge in [-0.25, -0.2) is 0 Å². The standard InChI is InChI=1S/C15H14ClN.C15H13ClO.2CH4/c2*16-12-8-7-11-6-5-10-3-1-2-4-13(10)15(17)14(11)9-12;;/h1-4,7-9,15H,5-6,17H2;1-4,7-9,15,17H,5-6H2;2*1H4. The van der Waals surface area contributed by atoms with E-state index in [1.165, 1.54) is 33.4 Å². The number of aliphatic hydroxyl groups is 1. The summed E-state index contributed by atoms with van der Waals surface area (Å²) >= 11 is 12.1. The second-order valence-electron chi connectivity index (χ2n) is 8.96. The summed E-state index contributed by atoms with van der Waals surface area (Å²) < 4.78 is 0. The monoisotopic (exact) mass is 519 g/mol. The molecule has 2 nitrogen and oxygen atoms in total. The Bertz CT molecular complexity index is 1230. The molecule has 6 rings (SSSR count). The number of hydrogen-bond acceptors (Lipinski definition) is 2. The van der Waals surface area contributed by atoms with E-state index in [9.17, 15) is 5.11 Å². The van der Waals surface area contributed by atoms with E-state index in [2.05, 4.69) is 30.3 Å². The summed E-state index contributed by atoms with van der Waals surface area (Å²) in [5.74, 6) is 0. The van der Waals surface area contributed by atoms with Crippen LogP contribution < -0.4 is 5.73 Å². The molecule has 0 bridgehead atoms. The third-order valence-corrected chi connectivity index (χ3v) is 7.38. The van der Waals surface area contributed by atoms with Gasteiger partial charge in [-0.15, -0.1) is 0 Å². The van der Waals surface area contributed by atoms with Crippen molar-refractivity contribution >= 4 is 23.2 Å². The summed E-state index contributed by atoms with van der Waals surface area (Å²) in [5.41, 5.74) is 15.8. The summed E-state index contributed by atoms with van der Waals surface area (Å²) in [6.45, 7) is 0. The molecule has 0 amide bonds. The van der Waals surface area contributed by atoms with Gasteiger partial charge in [0.15, 0.2) is 0 Å². The zero-order valence-electron chi connectivity index (χ0n) is 18.8. The second kappa shape index (κ2) is 12.1. The van der Waals surface area contributed by atoms with E-state index < -0.39 is 6.10 Å². The lowest BCUT2D eigenvalue weighted by atomic mass is 9.96. The number of nitrogens with two attached hydrogens (primary N) is 1. The van der Waals surface area contributed by atoms with Gasteiger partial charge in [0, 0.05) is 10.0 Å². The molecule has 0 aliphatic heterocycles. The largest absolute Gasteiger partial charge is 0.384 e. The van der Waals surface area contributed by atoms with Gasteiger partial charge in [0.25, 0.3) is 0 Å².